The lowest BCUT2D eigenvalue weighted by molar-refractivity contribution is -0.384. The van der Waals surface area contributed by atoms with Gasteiger partial charge < -0.3 is 15.1 Å². The summed E-state index contributed by atoms with van der Waals surface area (Å²) in [4.78, 5) is 30.1. The first-order valence-corrected chi connectivity index (χ1v) is 8.15. The molecule has 2 aliphatic heterocycles. The van der Waals surface area contributed by atoms with Crippen LogP contribution in [-0.2, 0) is 4.84 Å². The number of carbonyl (C=O) groups is 1. The Kier molecular flexibility index (Phi) is 3.80. The highest BCUT2D eigenvalue weighted by Gasteiger charge is 2.37. The molecule has 1 amide bonds. The van der Waals surface area contributed by atoms with Gasteiger partial charge in [0.15, 0.2) is 0 Å². The number of nitrogens with one attached hydrogen (secondary N) is 1. The van der Waals surface area contributed by atoms with Gasteiger partial charge in [0.2, 0.25) is 0 Å². The highest BCUT2D eigenvalue weighted by atomic mass is 16.6. The lowest BCUT2D eigenvalue weighted by Gasteiger charge is -2.42. The van der Waals surface area contributed by atoms with E-state index >= 15 is 0 Å². The summed E-state index contributed by atoms with van der Waals surface area (Å²) in [7, 11) is 1.50. The molecule has 8 nitrogen and oxygen atoms in total. The number of nitro benzene ring substituents is 1. The van der Waals surface area contributed by atoms with Crippen molar-refractivity contribution in [2.75, 3.05) is 18.6 Å². The smallest absolute Gasteiger partial charge is 0.269 e. The third kappa shape index (κ3) is 2.46. The van der Waals surface area contributed by atoms with E-state index in [-0.39, 0.29) is 17.8 Å². The summed E-state index contributed by atoms with van der Waals surface area (Å²) in [5.41, 5.74) is 3.89. The predicted octanol–water partition coefficient (Wildman–Crippen LogP) is 2.60. The normalized spacial score (nSPS) is 19.7. The SMILES string of the molecule is CON=C1CCN2c3c(cccc31)C(=O)NC2c1ccc([N+](=O)[O-])cc1. The fourth-order valence-corrected chi connectivity index (χ4v) is 3.53. The summed E-state index contributed by atoms with van der Waals surface area (Å²) >= 11 is 0. The maximum atomic E-state index is 12.6. The first kappa shape index (κ1) is 16.1. The topological polar surface area (TPSA) is 97.1 Å². The van der Waals surface area contributed by atoms with E-state index in [1.54, 1.807) is 18.2 Å². The number of hydrogen-bond donors (Lipinski definition) is 1. The summed E-state index contributed by atoms with van der Waals surface area (Å²) in [6.07, 6.45) is 0.282. The van der Waals surface area contributed by atoms with Crippen LogP contribution in [0.5, 0.6) is 0 Å². The van der Waals surface area contributed by atoms with Gasteiger partial charge in [-0.2, -0.15) is 0 Å². The Labute approximate surface area is 149 Å². The van der Waals surface area contributed by atoms with Gasteiger partial charge in [-0.1, -0.05) is 17.3 Å². The first-order valence-electron chi connectivity index (χ1n) is 8.15. The van der Waals surface area contributed by atoms with Gasteiger partial charge in [-0.05, 0) is 23.8 Å². The predicted molar refractivity (Wildman–Crippen MR) is 95.3 cm³/mol. The van der Waals surface area contributed by atoms with Crippen LogP contribution >= 0.6 is 0 Å². The van der Waals surface area contributed by atoms with Crippen LogP contribution in [0.2, 0.25) is 0 Å². The van der Waals surface area contributed by atoms with Gasteiger partial charge in [0.05, 0.1) is 21.9 Å². The molecule has 1 atom stereocenters. The minimum Gasteiger partial charge on any atom is -0.399 e. The first-order chi connectivity index (χ1) is 12.6. The van der Waals surface area contributed by atoms with Crippen molar-refractivity contribution in [3.8, 4) is 0 Å². The van der Waals surface area contributed by atoms with E-state index in [0.29, 0.717) is 18.5 Å². The van der Waals surface area contributed by atoms with Gasteiger partial charge in [-0.15, -0.1) is 0 Å². The zero-order chi connectivity index (χ0) is 18.3. The zero-order valence-corrected chi connectivity index (χ0v) is 14.0. The Morgan fingerprint density at radius 1 is 1.23 bits per heavy atom. The third-order valence-corrected chi connectivity index (χ3v) is 4.67. The molecule has 0 saturated heterocycles. The number of oxime groups is 1. The van der Waals surface area contributed by atoms with Gasteiger partial charge in [0, 0.05) is 30.7 Å². The molecule has 0 saturated carbocycles. The number of benzene rings is 2. The van der Waals surface area contributed by atoms with Crippen molar-refractivity contribution >= 4 is 23.0 Å². The molecular weight excluding hydrogens is 336 g/mol. The van der Waals surface area contributed by atoms with Gasteiger partial charge in [0.25, 0.3) is 11.6 Å². The number of rotatable bonds is 3. The molecule has 0 radical (unpaired) electrons. The maximum absolute atomic E-state index is 12.6. The molecule has 2 aliphatic rings. The van der Waals surface area contributed by atoms with Crippen molar-refractivity contribution in [1.82, 2.24) is 5.32 Å². The number of anilines is 1. The van der Waals surface area contributed by atoms with E-state index in [1.807, 2.05) is 12.1 Å². The number of para-hydroxylation sites is 1. The summed E-state index contributed by atoms with van der Waals surface area (Å²) < 4.78 is 0. The molecule has 8 heteroatoms. The van der Waals surface area contributed by atoms with E-state index in [2.05, 4.69) is 15.4 Å². The van der Waals surface area contributed by atoms with Crippen molar-refractivity contribution in [2.45, 2.75) is 12.6 Å². The molecule has 2 aromatic rings. The Morgan fingerprint density at radius 3 is 2.65 bits per heavy atom. The summed E-state index contributed by atoms with van der Waals surface area (Å²) in [6, 6.07) is 11.8. The molecule has 0 aliphatic carbocycles. The molecular formula is C18H16N4O4. The van der Waals surface area contributed by atoms with Crippen molar-refractivity contribution in [1.29, 1.82) is 0 Å². The minimum absolute atomic E-state index is 0.0186. The molecule has 0 bridgehead atoms. The van der Waals surface area contributed by atoms with Crippen LogP contribution in [0.4, 0.5) is 11.4 Å². The van der Waals surface area contributed by atoms with Crippen LogP contribution < -0.4 is 10.2 Å². The van der Waals surface area contributed by atoms with E-state index in [4.69, 9.17) is 4.84 Å². The Morgan fingerprint density at radius 2 is 1.96 bits per heavy atom. The molecule has 1 unspecified atom stereocenters. The number of nitro groups is 1. The largest absolute Gasteiger partial charge is 0.399 e. The van der Waals surface area contributed by atoms with Crippen molar-refractivity contribution < 1.29 is 14.6 Å². The zero-order valence-electron chi connectivity index (χ0n) is 14.0. The number of non-ortho nitro benzene ring substituents is 1. The van der Waals surface area contributed by atoms with Crippen molar-refractivity contribution in [3.05, 3.63) is 69.3 Å². The fourth-order valence-electron chi connectivity index (χ4n) is 3.53. The molecule has 2 aromatic carbocycles. The van der Waals surface area contributed by atoms with Gasteiger partial charge in [0.1, 0.15) is 13.3 Å². The molecule has 26 heavy (non-hydrogen) atoms. The third-order valence-electron chi connectivity index (χ3n) is 4.67. The highest BCUT2D eigenvalue weighted by Crippen LogP contribution is 2.39. The maximum Gasteiger partial charge on any atom is 0.269 e. The van der Waals surface area contributed by atoms with Crippen LogP contribution in [0.3, 0.4) is 0 Å². The summed E-state index contributed by atoms with van der Waals surface area (Å²) in [6.45, 7) is 0.647. The summed E-state index contributed by atoms with van der Waals surface area (Å²) in [5, 5.41) is 18.0. The highest BCUT2D eigenvalue weighted by molar-refractivity contribution is 6.13. The van der Waals surface area contributed by atoms with E-state index in [0.717, 1.165) is 22.5 Å². The second-order valence-electron chi connectivity index (χ2n) is 6.09. The average molecular weight is 352 g/mol. The Hall–Kier alpha value is -3.42. The van der Waals surface area contributed by atoms with E-state index in [9.17, 15) is 14.9 Å². The number of hydrogen-bond acceptors (Lipinski definition) is 6. The van der Waals surface area contributed by atoms with Crippen molar-refractivity contribution in [3.63, 3.8) is 0 Å². The van der Waals surface area contributed by atoms with E-state index < -0.39 is 4.92 Å². The second kappa shape index (κ2) is 6.14. The molecule has 2 heterocycles. The Bertz CT molecular complexity index is 923. The van der Waals surface area contributed by atoms with E-state index in [1.165, 1.54) is 19.2 Å². The van der Waals surface area contributed by atoms with Crippen LogP contribution in [0, 0.1) is 10.1 Å². The molecule has 132 valence electrons. The number of nitrogens with zero attached hydrogens (tertiary/aromatic N) is 3. The van der Waals surface area contributed by atoms with Gasteiger partial charge in [-0.25, -0.2) is 0 Å². The van der Waals surface area contributed by atoms with Crippen LogP contribution in [0.25, 0.3) is 0 Å². The Balaban J connectivity index is 1.80. The minimum atomic E-state index is -0.439. The van der Waals surface area contributed by atoms with Gasteiger partial charge in [-0.3, -0.25) is 14.9 Å². The van der Waals surface area contributed by atoms with Crippen LogP contribution in [0.15, 0.2) is 47.6 Å². The molecule has 0 fully saturated rings. The van der Waals surface area contributed by atoms with Crippen molar-refractivity contribution in [2.24, 2.45) is 5.16 Å². The van der Waals surface area contributed by atoms with Crippen LogP contribution in [0.1, 0.15) is 34.1 Å². The molecule has 4 rings (SSSR count). The fraction of sp³-hybridized carbons (Fsp3) is 0.222. The number of carbonyl (C=O) groups excluding carboxylic acids is 1. The monoisotopic (exact) mass is 352 g/mol. The standard InChI is InChI=1S/C18H16N4O4/c1-26-20-15-9-10-21-16-13(15)3-2-4-14(16)18(23)19-17(21)11-5-7-12(8-6-11)22(24)25/h2-8,17H,9-10H2,1H3,(H,19,23). The molecule has 1 N–H and O–H groups in total. The lowest BCUT2D eigenvalue weighted by Crippen LogP contribution is -2.49. The van der Waals surface area contributed by atoms with Crippen LogP contribution in [-0.4, -0.2) is 30.2 Å². The quantitative estimate of drug-likeness (QED) is 0.676. The summed E-state index contributed by atoms with van der Waals surface area (Å²) in [5.74, 6) is -0.180. The lowest BCUT2D eigenvalue weighted by atomic mass is 9.92. The molecule has 0 aromatic heterocycles. The average Bonchev–Trinajstić information content (AvgIpc) is 2.66. The number of amides is 1. The second-order valence-corrected chi connectivity index (χ2v) is 6.09. The van der Waals surface area contributed by atoms with Gasteiger partial charge >= 0.3 is 0 Å². The molecule has 0 spiro atoms.